The molecule has 170 valence electrons. The monoisotopic (exact) mass is 446 g/mol. The first-order valence-electron chi connectivity index (χ1n) is 12.0. The van der Waals surface area contributed by atoms with Crippen molar-refractivity contribution >= 4 is 29.1 Å². The minimum atomic E-state index is -0.583. The first-order valence-corrected chi connectivity index (χ1v) is 12.9. The molecule has 0 unspecified atom stereocenters. The molecule has 1 saturated heterocycles. The molecule has 0 N–H and O–H groups in total. The number of hydrogen-bond donors (Lipinski definition) is 0. The van der Waals surface area contributed by atoms with E-state index in [1.54, 1.807) is 11.0 Å². The Hall–Kier alpha value is -1.89. The van der Waals surface area contributed by atoms with E-state index in [1.807, 2.05) is 11.4 Å². The molecule has 31 heavy (non-hydrogen) atoms. The highest BCUT2D eigenvalue weighted by Crippen LogP contribution is 2.30. The summed E-state index contributed by atoms with van der Waals surface area (Å²) in [4.78, 5) is 43.1. The molecule has 1 aromatic heterocycles. The molecule has 3 fully saturated rings. The Morgan fingerprint density at radius 2 is 1.58 bits per heavy atom. The van der Waals surface area contributed by atoms with Crippen LogP contribution in [-0.4, -0.2) is 58.9 Å². The zero-order valence-corrected chi connectivity index (χ0v) is 19.1. The van der Waals surface area contributed by atoms with Crippen LogP contribution in [0.25, 0.3) is 0 Å². The maximum atomic E-state index is 13.2. The minimum Gasteiger partial charge on any atom is -0.454 e. The van der Waals surface area contributed by atoms with Gasteiger partial charge in [-0.25, -0.2) is 4.79 Å². The van der Waals surface area contributed by atoms with Crippen LogP contribution in [0.1, 0.15) is 86.7 Å². The lowest BCUT2D eigenvalue weighted by molar-refractivity contribution is -0.157. The molecule has 2 aliphatic carbocycles. The second-order valence-corrected chi connectivity index (χ2v) is 10.1. The zero-order chi connectivity index (χ0) is 21.6. The van der Waals surface area contributed by atoms with Gasteiger partial charge in [-0.15, -0.1) is 11.3 Å². The molecule has 2 amide bonds. The summed E-state index contributed by atoms with van der Waals surface area (Å²) in [5.74, 6) is -0.615. The lowest BCUT2D eigenvalue weighted by atomic mass is 9.88. The topological polar surface area (TPSA) is 66.9 Å². The summed E-state index contributed by atoms with van der Waals surface area (Å²) in [6, 6.07) is 3.60. The third kappa shape index (κ3) is 5.30. The Balaban J connectivity index is 1.37. The Kier molecular flexibility index (Phi) is 7.64. The van der Waals surface area contributed by atoms with E-state index in [1.165, 1.54) is 49.9 Å². The molecule has 0 radical (unpaired) electrons. The van der Waals surface area contributed by atoms with Crippen LogP contribution in [0.3, 0.4) is 0 Å². The van der Waals surface area contributed by atoms with Crippen molar-refractivity contribution in [3.05, 3.63) is 22.4 Å². The van der Waals surface area contributed by atoms with Gasteiger partial charge in [-0.05, 0) is 50.0 Å². The maximum absolute atomic E-state index is 13.2. The number of carbonyl (C=O) groups excluding carboxylic acids is 3. The Labute approximate surface area is 188 Å². The predicted octanol–water partition coefficient (Wildman–Crippen LogP) is 4.39. The Bertz CT molecular complexity index is 736. The molecule has 0 bridgehead atoms. The molecular formula is C24H34N2O4S. The average molecular weight is 447 g/mol. The maximum Gasteiger partial charge on any atom is 0.329 e. The summed E-state index contributed by atoms with van der Waals surface area (Å²) in [7, 11) is 0. The number of ether oxygens (including phenoxy) is 1. The number of amides is 2. The summed E-state index contributed by atoms with van der Waals surface area (Å²) >= 11 is 1.38. The van der Waals surface area contributed by atoms with Gasteiger partial charge in [0.2, 0.25) is 0 Å². The molecule has 7 heteroatoms. The van der Waals surface area contributed by atoms with Crippen LogP contribution in [0.2, 0.25) is 0 Å². The molecule has 2 heterocycles. The molecule has 1 aliphatic heterocycles. The van der Waals surface area contributed by atoms with Crippen LogP contribution < -0.4 is 0 Å². The molecule has 1 aromatic rings. The SMILES string of the molecule is O=C(OCC(=O)N(C1CCCCC1)C1CCCCC1)[C@@H]1CCCN1C(=O)c1cccs1. The standard InChI is InChI=1S/C24H34N2O4S/c27-22(26(18-9-3-1-4-10-18)19-11-5-2-6-12-19)17-30-24(29)20-13-7-15-25(20)23(28)21-14-8-16-31-21/h8,14,16,18-20H,1-7,9-13,15,17H2/t20-/m0/s1. The van der Waals surface area contributed by atoms with Crippen molar-refractivity contribution in [2.45, 2.75) is 95.2 Å². The van der Waals surface area contributed by atoms with E-state index < -0.39 is 12.0 Å². The second-order valence-electron chi connectivity index (χ2n) is 9.13. The third-order valence-corrected chi connectivity index (χ3v) is 7.94. The largest absolute Gasteiger partial charge is 0.454 e. The lowest BCUT2D eigenvalue weighted by Crippen LogP contribution is -2.50. The van der Waals surface area contributed by atoms with Crippen molar-refractivity contribution in [3.8, 4) is 0 Å². The highest BCUT2D eigenvalue weighted by molar-refractivity contribution is 7.12. The van der Waals surface area contributed by atoms with Gasteiger partial charge in [0.1, 0.15) is 6.04 Å². The molecule has 0 spiro atoms. The van der Waals surface area contributed by atoms with Crippen molar-refractivity contribution in [2.75, 3.05) is 13.2 Å². The third-order valence-electron chi connectivity index (χ3n) is 7.08. The molecule has 2 saturated carbocycles. The molecule has 0 aromatic carbocycles. The summed E-state index contributed by atoms with van der Waals surface area (Å²) in [5.41, 5.74) is 0. The summed E-state index contributed by atoms with van der Waals surface area (Å²) in [6.07, 6.45) is 12.8. The van der Waals surface area contributed by atoms with Gasteiger partial charge in [-0.3, -0.25) is 9.59 Å². The fourth-order valence-electron chi connectivity index (χ4n) is 5.52. The predicted molar refractivity (Wildman–Crippen MR) is 120 cm³/mol. The summed E-state index contributed by atoms with van der Waals surface area (Å²) < 4.78 is 5.53. The quantitative estimate of drug-likeness (QED) is 0.608. The number of thiophene rings is 1. The smallest absolute Gasteiger partial charge is 0.329 e. The number of likely N-dealkylation sites (tertiary alicyclic amines) is 1. The van der Waals surface area contributed by atoms with Crippen molar-refractivity contribution in [3.63, 3.8) is 0 Å². The van der Waals surface area contributed by atoms with Crippen LogP contribution in [0, 0.1) is 0 Å². The highest BCUT2D eigenvalue weighted by atomic mass is 32.1. The van der Waals surface area contributed by atoms with Crippen LogP contribution in [0.15, 0.2) is 17.5 Å². The number of hydrogen-bond acceptors (Lipinski definition) is 5. The van der Waals surface area contributed by atoms with E-state index in [0.717, 1.165) is 32.1 Å². The fourth-order valence-corrected chi connectivity index (χ4v) is 6.20. The van der Waals surface area contributed by atoms with Crippen LogP contribution in [0.4, 0.5) is 0 Å². The normalized spacial score (nSPS) is 23.0. The number of esters is 1. The number of carbonyl (C=O) groups is 3. The van der Waals surface area contributed by atoms with Gasteiger partial charge < -0.3 is 14.5 Å². The van der Waals surface area contributed by atoms with Crippen molar-refractivity contribution in [1.29, 1.82) is 0 Å². The van der Waals surface area contributed by atoms with Crippen LogP contribution >= 0.6 is 11.3 Å². The average Bonchev–Trinajstić information content (AvgIpc) is 3.51. The number of nitrogens with zero attached hydrogens (tertiary/aromatic N) is 2. The van der Waals surface area contributed by atoms with Crippen molar-refractivity contribution in [2.24, 2.45) is 0 Å². The van der Waals surface area contributed by atoms with Crippen molar-refractivity contribution in [1.82, 2.24) is 9.80 Å². The number of rotatable bonds is 6. The minimum absolute atomic E-state index is 0.0544. The van der Waals surface area contributed by atoms with Gasteiger partial charge in [0.25, 0.3) is 11.8 Å². The lowest BCUT2D eigenvalue weighted by Gasteiger charge is -2.41. The van der Waals surface area contributed by atoms with Gasteiger partial charge in [-0.2, -0.15) is 0 Å². The van der Waals surface area contributed by atoms with Gasteiger partial charge in [0, 0.05) is 18.6 Å². The second kappa shape index (κ2) is 10.6. The van der Waals surface area contributed by atoms with Crippen LogP contribution in [-0.2, 0) is 14.3 Å². The van der Waals surface area contributed by atoms with E-state index in [4.69, 9.17) is 4.74 Å². The summed E-state index contributed by atoms with van der Waals surface area (Å²) in [5, 5.41) is 1.86. The van der Waals surface area contributed by atoms with Gasteiger partial charge in [-0.1, -0.05) is 44.6 Å². The first kappa shape index (κ1) is 22.3. The molecule has 3 aliphatic rings. The Morgan fingerprint density at radius 3 is 2.16 bits per heavy atom. The van der Waals surface area contributed by atoms with Crippen LogP contribution in [0.5, 0.6) is 0 Å². The van der Waals surface area contributed by atoms with E-state index in [9.17, 15) is 14.4 Å². The van der Waals surface area contributed by atoms with E-state index >= 15 is 0 Å². The molecular weight excluding hydrogens is 412 g/mol. The fraction of sp³-hybridized carbons (Fsp3) is 0.708. The molecule has 4 rings (SSSR count). The van der Waals surface area contributed by atoms with E-state index in [-0.39, 0.29) is 30.5 Å². The van der Waals surface area contributed by atoms with E-state index in [2.05, 4.69) is 4.90 Å². The summed E-state index contributed by atoms with van der Waals surface area (Å²) in [6.45, 7) is 0.351. The van der Waals surface area contributed by atoms with E-state index in [0.29, 0.717) is 17.8 Å². The van der Waals surface area contributed by atoms with Gasteiger partial charge >= 0.3 is 5.97 Å². The van der Waals surface area contributed by atoms with Gasteiger partial charge in [0.15, 0.2) is 6.61 Å². The molecule has 1 atom stereocenters. The molecule has 6 nitrogen and oxygen atoms in total. The first-order chi connectivity index (χ1) is 15.1. The van der Waals surface area contributed by atoms with Gasteiger partial charge in [0.05, 0.1) is 4.88 Å². The Morgan fingerprint density at radius 1 is 0.935 bits per heavy atom. The van der Waals surface area contributed by atoms with Crippen molar-refractivity contribution < 1.29 is 19.1 Å². The zero-order valence-electron chi connectivity index (χ0n) is 18.3. The highest BCUT2D eigenvalue weighted by Gasteiger charge is 2.37.